The molecule has 0 aliphatic heterocycles. The smallest absolute Gasteiger partial charge is 0.306 e. The molecule has 0 saturated heterocycles. The van der Waals surface area contributed by atoms with Crippen molar-refractivity contribution in [3.05, 3.63) is 0 Å². The summed E-state index contributed by atoms with van der Waals surface area (Å²) in [6.45, 7) is 11.3. The Labute approximate surface area is 355 Å². The Kier molecular flexibility index (Phi) is 42.7. The van der Waals surface area contributed by atoms with Crippen molar-refractivity contribution >= 4 is 17.9 Å². The Morgan fingerprint density at radius 2 is 0.667 bits per heavy atom. The summed E-state index contributed by atoms with van der Waals surface area (Å²) in [6.07, 6.45) is 43.9. The Morgan fingerprint density at radius 3 is 1.00 bits per heavy atom. The Morgan fingerprint density at radius 1 is 0.368 bits per heavy atom. The number of rotatable bonds is 45. The van der Waals surface area contributed by atoms with Crippen LogP contribution in [0.1, 0.15) is 279 Å². The van der Waals surface area contributed by atoms with E-state index in [0.29, 0.717) is 19.3 Å². The highest BCUT2D eigenvalue weighted by Gasteiger charge is 2.19. The molecular weight excluding hydrogens is 709 g/mol. The van der Waals surface area contributed by atoms with Gasteiger partial charge < -0.3 is 14.2 Å². The van der Waals surface area contributed by atoms with Gasteiger partial charge in [-0.15, -0.1) is 0 Å². The topological polar surface area (TPSA) is 78.9 Å². The van der Waals surface area contributed by atoms with Gasteiger partial charge >= 0.3 is 17.9 Å². The highest BCUT2D eigenvalue weighted by Crippen LogP contribution is 2.17. The molecule has 0 aromatic carbocycles. The van der Waals surface area contributed by atoms with Crippen molar-refractivity contribution in [2.75, 3.05) is 13.2 Å². The van der Waals surface area contributed by atoms with Gasteiger partial charge in [0, 0.05) is 19.3 Å². The number of hydrogen-bond acceptors (Lipinski definition) is 6. The maximum atomic E-state index is 12.7. The zero-order valence-electron chi connectivity index (χ0n) is 39.0. The van der Waals surface area contributed by atoms with Crippen molar-refractivity contribution in [3.8, 4) is 0 Å². The zero-order valence-corrected chi connectivity index (χ0v) is 39.0. The van der Waals surface area contributed by atoms with Crippen LogP contribution in [0.3, 0.4) is 0 Å². The lowest BCUT2D eigenvalue weighted by Gasteiger charge is -2.18. The first-order chi connectivity index (χ1) is 27.8. The third kappa shape index (κ3) is 43.8. The predicted molar refractivity (Wildman–Crippen MR) is 243 cm³/mol. The second-order valence-electron chi connectivity index (χ2n) is 18.2. The van der Waals surface area contributed by atoms with Crippen LogP contribution in [0.4, 0.5) is 0 Å². The van der Waals surface area contributed by atoms with Crippen LogP contribution in [-0.4, -0.2) is 37.2 Å². The number of carbonyl (C=O) groups is 3. The van der Waals surface area contributed by atoms with E-state index in [2.05, 4.69) is 34.6 Å². The van der Waals surface area contributed by atoms with Gasteiger partial charge in [-0.25, -0.2) is 0 Å². The van der Waals surface area contributed by atoms with Crippen LogP contribution in [0.25, 0.3) is 0 Å². The van der Waals surface area contributed by atoms with Gasteiger partial charge in [0.25, 0.3) is 0 Å². The van der Waals surface area contributed by atoms with Gasteiger partial charge in [0.15, 0.2) is 6.10 Å². The molecule has 0 fully saturated rings. The largest absolute Gasteiger partial charge is 0.462 e. The monoisotopic (exact) mass is 807 g/mol. The van der Waals surface area contributed by atoms with Crippen molar-refractivity contribution in [2.45, 2.75) is 285 Å². The van der Waals surface area contributed by atoms with E-state index in [0.717, 1.165) is 69.6 Å². The normalized spacial score (nSPS) is 12.5. The minimum atomic E-state index is -0.762. The first-order valence-electron chi connectivity index (χ1n) is 25.3. The van der Waals surface area contributed by atoms with Crippen LogP contribution in [0.2, 0.25) is 0 Å². The fourth-order valence-electron chi connectivity index (χ4n) is 7.60. The summed E-state index contributed by atoms with van der Waals surface area (Å²) in [5, 5.41) is 0. The van der Waals surface area contributed by atoms with Gasteiger partial charge in [-0.3, -0.25) is 14.4 Å². The van der Waals surface area contributed by atoms with E-state index in [-0.39, 0.29) is 31.1 Å². The van der Waals surface area contributed by atoms with E-state index in [4.69, 9.17) is 14.2 Å². The second-order valence-corrected chi connectivity index (χ2v) is 18.2. The van der Waals surface area contributed by atoms with Crippen LogP contribution in [-0.2, 0) is 28.6 Å². The predicted octanol–water partition coefficient (Wildman–Crippen LogP) is 16.1. The van der Waals surface area contributed by atoms with Gasteiger partial charge in [0.2, 0.25) is 0 Å². The molecular formula is C51H98O6. The van der Waals surface area contributed by atoms with E-state index >= 15 is 0 Å². The number of carbonyl (C=O) groups excluding carboxylic acids is 3. The molecule has 0 amide bonds. The Balaban J connectivity index is 4.21. The van der Waals surface area contributed by atoms with Crippen LogP contribution in [0.15, 0.2) is 0 Å². The molecule has 2 atom stereocenters. The third-order valence-electron chi connectivity index (χ3n) is 11.8. The standard InChI is InChI=1S/C51H98O6/c1-6-8-9-10-11-12-13-14-15-16-17-18-19-20-21-22-25-31-36-41-49(52)55-44-48(57-51(54)43-38-33-26-23-24-29-34-39-46(3)4)45-56-50(53)42-37-32-28-27-30-35-40-47(5)7-2/h46-48H,6-45H2,1-5H3/t47?,48-/m0/s1. The molecule has 0 aliphatic rings. The highest BCUT2D eigenvalue weighted by molar-refractivity contribution is 5.71. The molecule has 0 bridgehead atoms. The molecule has 0 rings (SSSR count). The average molecular weight is 807 g/mol. The maximum Gasteiger partial charge on any atom is 0.306 e. The molecule has 0 spiro atoms. The first-order valence-corrected chi connectivity index (χ1v) is 25.3. The zero-order chi connectivity index (χ0) is 41.9. The SMILES string of the molecule is CCCCCCCCCCCCCCCCCCCCCC(=O)OC[C@@H](COC(=O)CCCCCCCCC(C)CC)OC(=O)CCCCCCCCCC(C)C. The molecule has 0 saturated carbocycles. The maximum absolute atomic E-state index is 12.7. The molecule has 0 aromatic rings. The Bertz CT molecular complexity index is 872. The summed E-state index contributed by atoms with van der Waals surface area (Å²) in [6, 6.07) is 0. The van der Waals surface area contributed by atoms with E-state index in [1.807, 2.05) is 0 Å². The summed E-state index contributed by atoms with van der Waals surface area (Å²) >= 11 is 0. The van der Waals surface area contributed by atoms with Crippen LogP contribution in [0.5, 0.6) is 0 Å². The lowest BCUT2D eigenvalue weighted by molar-refractivity contribution is -0.167. The molecule has 57 heavy (non-hydrogen) atoms. The van der Waals surface area contributed by atoms with Crippen LogP contribution in [0, 0.1) is 11.8 Å². The quantitative estimate of drug-likeness (QED) is 0.0346. The lowest BCUT2D eigenvalue weighted by Crippen LogP contribution is -2.30. The van der Waals surface area contributed by atoms with Crippen molar-refractivity contribution < 1.29 is 28.6 Å². The molecule has 338 valence electrons. The molecule has 0 aliphatic carbocycles. The van der Waals surface area contributed by atoms with E-state index in [1.54, 1.807) is 0 Å². The number of hydrogen-bond donors (Lipinski definition) is 0. The van der Waals surface area contributed by atoms with Crippen molar-refractivity contribution in [3.63, 3.8) is 0 Å². The van der Waals surface area contributed by atoms with Crippen molar-refractivity contribution in [2.24, 2.45) is 11.8 Å². The summed E-state index contributed by atoms with van der Waals surface area (Å²) in [7, 11) is 0. The summed E-state index contributed by atoms with van der Waals surface area (Å²) < 4.78 is 16.7. The molecule has 0 radical (unpaired) electrons. The third-order valence-corrected chi connectivity index (χ3v) is 11.8. The fourth-order valence-corrected chi connectivity index (χ4v) is 7.60. The molecule has 0 aromatic heterocycles. The molecule has 6 heteroatoms. The first kappa shape index (κ1) is 55.4. The molecule has 6 nitrogen and oxygen atoms in total. The van der Waals surface area contributed by atoms with E-state index in [9.17, 15) is 14.4 Å². The van der Waals surface area contributed by atoms with Crippen molar-refractivity contribution in [1.29, 1.82) is 0 Å². The van der Waals surface area contributed by atoms with Gasteiger partial charge in [-0.1, -0.05) is 240 Å². The molecule has 0 N–H and O–H groups in total. The average Bonchev–Trinajstić information content (AvgIpc) is 3.19. The number of esters is 3. The van der Waals surface area contributed by atoms with E-state index in [1.165, 1.54) is 167 Å². The number of ether oxygens (including phenoxy) is 3. The van der Waals surface area contributed by atoms with Gasteiger partial charge in [-0.2, -0.15) is 0 Å². The lowest BCUT2D eigenvalue weighted by atomic mass is 10.00. The summed E-state index contributed by atoms with van der Waals surface area (Å²) in [5.41, 5.74) is 0. The van der Waals surface area contributed by atoms with Gasteiger partial charge in [0.05, 0.1) is 0 Å². The minimum Gasteiger partial charge on any atom is -0.462 e. The second kappa shape index (κ2) is 44.0. The molecule has 0 heterocycles. The van der Waals surface area contributed by atoms with Crippen molar-refractivity contribution in [1.82, 2.24) is 0 Å². The van der Waals surface area contributed by atoms with E-state index < -0.39 is 6.10 Å². The summed E-state index contributed by atoms with van der Waals surface area (Å²) in [5.74, 6) is 0.734. The highest BCUT2D eigenvalue weighted by atomic mass is 16.6. The van der Waals surface area contributed by atoms with Gasteiger partial charge in [-0.05, 0) is 31.1 Å². The van der Waals surface area contributed by atoms with Crippen LogP contribution < -0.4 is 0 Å². The fraction of sp³-hybridized carbons (Fsp3) is 0.941. The molecule has 1 unspecified atom stereocenters. The minimum absolute atomic E-state index is 0.0655. The number of unbranched alkanes of at least 4 members (excludes halogenated alkanes) is 29. The summed E-state index contributed by atoms with van der Waals surface area (Å²) in [4.78, 5) is 37.8. The van der Waals surface area contributed by atoms with Gasteiger partial charge in [0.1, 0.15) is 13.2 Å². The van der Waals surface area contributed by atoms with Crippen LogP contribution >= 0.6 is 0 Å². The Hall–Kier alpha value is -1.59.